The van der Waals surface area contributed by atoms with Crippen LogP contribution in [0.25, 0.3) is 11.3 Å². The Hall–Kier alpha value is -3.67. The average molecular weight is 610 g/mol. The van der Waals surface area contributed by atoms with Gasteiger partial charge in [-0.05, 0) is 63.1 Å². The molecule has 12 heteroatoms. The average Bonchev–Trinajstić information content (AvgIpc) is 3.02. The van der Waals surface area contributed by atoms with Gasteiger partial charge in [0.2, 0.25) is 5.91 Å². The minimum Gasteiger partial charge on any atom is -0.469 e. The summed E-state index contributed by atoms with van der Waals surface area (Å²) in [5.74, 6) is -0.406. The molecule has 5 rings (SSSR count). The molecule has 0 unspecified atom stereocenters. The molecule has 0 atom stereocenters. The highest BCUT2D eigenvalue weighted by atomic mass is 35.5. The van der Waals surface area contributed by atoms with E-state index in [0.717, 1.165) is 44.7 Å². The molecule has 2 aliphatic rings. The fraction of sp³-hybridized carbons (Fsp3) is 0.452. The highest BCUT2D eigenvalue weighted by molar-refractivity contribution is 6.30. The zero-order valence-corrected chi connectivity index (χ0v) is 25.2. The molecule has 43 heavy (non-hydrogen) atoms. The van der Waals surface area contributed by atoms with E-state index in [0.29, 0.717) is 53.7 Å². The Bertz CT molecular complexity index is 1440. The third-order valence-corrected chi connectivity index (χ3v) is 8.47. The third-order valence-electron chi connectivity index (χ3n) is 8.23. The first-order valence-electron chi connectivity index (χ1n) is 14.6. The molecule has 3 aromatic rings. The fourth-order valence-corrected chi connectivity index (χ4v) is 5.84. The van der Waals surface area contributed by atoms with Crippen LogP contribution in [-0.4, -0.2) is 83.7 Å². The summed E-state index contributed by atoms with van der Waals surface area (Å²) < 4.78 is 19.7. The number of aromatic nitrogens is 3. The molecular formula is C31H37ClFN7O3. The van der Waals surface area contributed by atoms with Crippen LogP contribution < -0.4 is 10.6 Å². The molecule has 0 spiro atoms. The zero-order valence-electron chi connectivity index (χ0n) is 24.5. The number of benzene rings is 1. The van der Waals surface area contributed by atoms with Gasteiger partial charge < -0.3 is 25.2 Å². The number of halogens is 2. The van der Waals surface area contributed by atoms with E-state index in [9.17, 15) is 14.0 Å². The lowest BCUT2D eigenvalue weighted by Gasteiger charge is -2.32. The Morgan fingerprint density at radius 2 is 1.81 bits per heavy atom. The monoisotopic (exact) mass is 609 g/mol. The molecule has 1 amide bonds. The van der Waals surface area contributed by atoms with Crippen molar-refractivity contribution in [2.24, 2.45) is 5.92 Å². The van der Waals surface area contributed by atoms with Crippen LogP contribution in [0.2, 0.25) is 5.02 Å². The molecule has 0 bridgehead atoms. The maximum absolute atomic E-state index is 14.8. The van der Waals surface area contributed by atoms with Gasteiger partial charge in [0.25, 0.3) is 0 Å². The summed E-state index contributed by atoms with van der Waals surface area (Å²) in [6.07, 6.45) is 4.83. The van der Waals surface area contributed by atoms with Gasteiger partial charge in [0.05, 0.1) is 30.1 Å². The van der Waals surface area contributed by atoms with Gasteiger partial charge in [0, 0.05) is 73.6 Å². The summed E-state index contributed by atoms with van der Waals surface area (Å²) in [6, 6.07) is 9.62. The molecule has 1 aliphatic heterocycles. The fourth-order valence-electron chi connectivity index (χ4n) is 5.67. The van der Waals surface area contributed by atoms with Gasteiger partial charge in [0.1, 0.15) is 11.6 Å². The highest BCUT2D eigenvalue weighted by Gasteiger charge is 2.30. The van der Waals surface area contributed by atoms with E-state index in [1.165, 1.54) is 25.3 Å². The second-order valence-electron chi connectivity index (χ2n) is 11.2. The van der Waals surface area contributed by atoms with E-state index >= 15 is 0 Å². The predicted octanol–water partition coefficient (Wildman–Crippen LogP) is 5.10. The quantitative estimate of drug-likeness (QED) is 0.320. The first-order valence-corrected chi connectivity index (χ1v) is 15.0. The van der Waals surface area contributed by atoms with Crippen LogP contribution in [0, 0.1) is 11.7 Å². The molecule has 1 saturated heterocycles. The second-order valence-corrected chi connectivity index (χ2v) is 11.7. The molecule has 1 saturated carbocycles. The topological polar surface area (TPSA) is 113 Å². The van der Waals surface area contributed by atoms with E-state index in [4.69, 9.17) is 16.3 Å². The normalized spacial score (nSPS) is 19.5. The van der Waals surface area contributed by atoms with Crippen molar-refractivity contribution in [2.45, 2.75) is 38.0 Å². The number of ether oxygens (including phenoxy) is 1. The van der Waals surface area contributed by atoms with Crippen molar-refractivity contribution in [3.05, 3.63) is 59.1 Å². The summed E-state index contributed by atoms with van der Waals surface area (Å²) in [5, 5.41) is 15.6. The molecule has 2 aromatic heterocycles. The number of likely N-dealkylation sites (N-methyl/N-ethyl adjacent to an activating group) is 1. The molecule has 1 aromatic carbocycles. The largest absolute Gasteiger partial charge is 0.469 e. The van der Waals surface area contributed by atoms with Crippen LogP contribution >= 0.6 is 11.6 Å². The minimum absolute atomic E-state index is 0.0461. The van der Waals surface area contributed by atoms with Crippen molar-refractivity contribution in [3.8, 4) is 11.3 Å². The van der Waals surface area contributed by atoms with Crippen LogP contribution in [0.3, 0.4) is 0 Å². The first kappa shape index (κ1) is 30.8. The number of methoxy groups -OCH3 is 1. The number of carbonyl (C=O) groups is 2. The van der Waals surface area contributed by atoms with E-state index in [-0.39, 0.29) is 29.3 Å². The molecule has 228 valence electrons. The van der Waals surface area contributed by atoms with Crippen molar-refractivity contribution in [3.63, 3.8) is 0 Å². The molecule has 3 heterocycles. The lowest BCUT2D eigenvalue weighted by Crippen LogP contribution is -2.45. The van der Waals surface area contributed by atoms with Gasteiger partial charge in [0.15, 0.2) is 0 Å². The number of pyridine rings is 1. The van der Waals surface area contributed by atoms with Crippen molar-refractivity contribution in [2.75, 3.05) is 57.5 Å². The van der Waals surface area contributed by atoms with Crippen molar-refractivity contribution in [1.29, 1.82) is 0 Å². The maximum Gasteiger partial charge on any atom is 0.308 e. The Morgan fingerprint density at radius 3 is 2.56 bits per heavy atom. The van der Waals surface area contributed by atoms with E-state index in [1.807, 2.05) is 0 Å². The number of nitrogens with one attached hydrogen (secondary N) is 2. The van der Waals surface area contributed by atoms with Crippen LogP contribution in [0.5, 0.6) is 0 Å². The van der Waals surface area contributed by atoms with Gasteiger partial charge in [-0.1, -0.05) is 11.6 Å². The van der Waals surface area contributed by atoms with Crippen LogP contribution in [-0.2, 0) is 14.3 Å². The minimum atomic E-state index is -0.457. The van der Waals surface area contributed by atoms with Crippen molar-refractivity contribution < 1.29 is 18.7 Å². The summed E-state index contributed by atoms with van der Waals surface area (Å²) in [7, 11) is 3.52. The predicted molar refractivity (Wildman–Crippen MR) is 164 cm³/mol. The van der Waals surface area contributed by atoms with Gasteiger partial charge in [-0.3, -0.25) is 9.59 Å². The maximum atomic E-state index is 14.8. The Balaban J connectivity index is 1.33. The Morgan fingerprint density at radius 1 is 1.05 bits per heavy atom. The molecule has 2 fully saturated rings. The number of anilines is 3. The van der Waals surface area contributed by atoms with E-state index in [1.54, 1.807) is 24.4 Å². The number of rotatable bonds is 9. The summed E-state index contributed by atoms with van der Waals surface area (Å²) in [4.78, 5) is 33.7. The van der Waals surface area contributed by atoms with Crippen LogP contribution in [0.15, 0.2) is 42.6 Å². The number of nitrogens with zero attached hydrogens (tertiary/aromatic N) is 5. The lowest BCUT2D eigenvalue weighted by molar-refractivity contribution is -0.146. The molecule has 1 aliphatic carbocycles. The third kappa shape index (κ3) is 8.04. The zero-order chi connectivity index (χ0) is 30.3. The molecule has 0 radical (unpaired) electrons. The Labute approximate surface area is 256 Å². The van der Waals surface area contributed by atoms with Gasteiger partial charge >= 0.3 is 5.97 Å². The number of hydrogen-bond acceptors (Lipinski definition) is 9. The van der Waals surface area contributed by atoms with Crippen molar-refractivity contribution in [1.82, 2.24) is 25.0 Å². The number of amides is 1. The first-order chi connectivity index (χ1) is 20.8. The standard InChI is InChI=1S/C31H37ClFN7O3/c1-39-13-15-40(16-14-39)12-10-29(41)36-28-18-23(9-11-34-28)35-27-19-26(24-17-22(32)7-8-25(24)33)37-38-30(27)20-3-5-21(6-4-20)31(42)43-2/h7-9,11,17-21H,3-6,10,12-16H2,1-2H3,(H2,34,35,36,37,41)/t20-,21-. The summed E-state index contributed by atoms with van der Waals surface area (Å²) in [6.45, 7) is 4.61. The molecule has 2 N–H and O–H groups in total. The Kier molecular flexibility index (Phi) is 10.2. The van der Waals surface area contributed by atoms with Crippen LogP contribution in [0.1, 0.15) is 43.7 Å². The summed E-state index contributed by atoms with van der Waals surface area (Å²) >= 11 is 6.16. The molecular weight excluding hydrogens is 573 g/mol. The summed E-state index contributed by atoms with van der Waals surface area (Å²) in [5.41, 5.74) is 2.64. The molecule has 10 nitrogen and oxygen atoms in total. The number of carbonyl (C=O) groups excluding carboxylic acids is 2. The highest BCUT2D eigenvalue weighted by Crippen LogP contribution is 2.40. The van der Waals surface area contributed by atoms with Crippen LogP contribution in [0.4, 0.5) is 21.6 Å². The smallest absolute Gasteiger partial charge is 0.308 e. The SMILES string of the molecule is COC(=O)[C@H]1CC[C@H](c2nnc(-c3cc(Cl)ccc3F)cc2Nc2ccnc(NC(=O)CCN3CCN(C)CC3)c2)CC1. The van der Waals surface area contributed by atoms with E-state index in [2.05, 4.69) is 42.7 Å². The van der Waals surface area contributed by atoms with Gasteiger partial charge in [-0.2, -0.15) is 5.10 Å². The number of hydrogen-bond donors (Lipinski definition) is 2. The van der Waals surface area contributed by atoms with Gasteiger partial charge in [-0.15, -0.1) is 5.10 Å². The number of piperazine rings is 1. The van der Waals surface area contributed by atoms with E-state index < -0.39 is 5.82 Å². The van der Waals surface area contributed by atoms with Crippen molar-refractivity contribution >= 4 is 40.7 Å². The van der Waals surface area contributed by atoms with Gasteiger partial charge in [-0.25, -0.2) is 9.37 Å². The number of esters is 1. The lowest BCUT2D eigenvalue weighted by atomic mass is 9.80. The second kappa shape index (κ2) is 14.2.